The molecule has 24 nitrogen and oxygen atoms in total. The summed E-state index contributed by atoms with van der Waals surface area (Å²) in [5.41, 5.74) is 6.34. The molecule has 9 N–H and O–H groups in total. The first-order chi connectivity index (χ1) is 34.2. The van der Waals surface area contributed by atoms with Crippen molar-refractivity contribution in [2.75, 3.05) is 34.4 Å². The molecule has 0 spiro atoms. The first kappa shape index (κ1) is 62.3. The van der Waals surface area contributed by atoms with E-state index in [1.165, 1.54) is 39.8 Å². The Kier molecular flexibility index (Phi) is 24.4. The summed E-state index contributed by atoms with van der Waals surface area (Å²) in [6, 6.07) is -5.08. The van der Waals surface area contributed by atoms with Crippen LogP contribution in [0.3, 0.4) is 0 Å². The van der Waals surface area contributed by atoms with Gasteiger partial charge in [-0.3, -0.25) is 38.1 Å². The van der Waals surface area contributed by atoms with Crippen LogP contribution in [0.15, 0.2) is 22.7 Å². The van der Waals surface area contributed by atoms with Gasteiger partial charge < -0.3 is 61.4 Å². The van der Waals surface area contributed by atoms with Crippen molar-refractivity contribution in [1.82, 2.24) is 36.4 Å². The number of amides is 7. The number of hydrogen-bond donors (Lipinski definition) is 8. The summed E-state index contributed by atoms with van der Waals surface area (Å²) in [6.07, 6.45) is -3.62. The monoisotopic (exact) mass is 1120 g/mol. The third kappa shape index (κ3) is 17.3. The number of piperidine rings is 1. The minimum absolute atomic E-state index is 0.0291. The maximum absolute atomic E-state index is 15.0. The molecule has 2 heterocycles. The number of aliphatic hydroxyl groups is 1. The van der Waals surface area contributed by atoms with Gasteiger partial charge in [-0.2, -0.15) is 8.42 Å². The maximum Gasteiger partial charge on any atom is 0.397 e. The molecule has 1 aromatic rings. The number of carbonyl (C=O) groups is 8. The topological polar surface area (TPSA) is 341 Å². The predicted molar refractivity (Wildman–Crippen MR) is 267 cm³/mol. The highest BCUT2D eigenvalue weighted by atomic mass is 79.9. The summed E-state index contributed by atoms with van der Waals surface area (Å²) >= 11 is 3.47. The second-order valence-electron chi connectivity index (χ2n) is 18.8. The Labute approximate surface area is 435 Å². The Morgan fingerprint density at radius 3 is 2.15 bits per heavy atom. The second kappa shape index (κ2) is 28.6. The number of unbranched alkanes of at least 4 members (excludes halogenated alkanes) is 1. The van der Waals surface area contributed by atoms with Crippen LogP contribution >= 0.6 is 15.9 Å². The number of rotatable bonds is 20. The largest absolute Gasteiger partial charge is 0.496 e. The first-order valence-corrected chi connectivity index (χ1v) is 26.6. The van der Waals surface area contributed by atoms with E-state index in [1.807, 2.05) is 0 Å². The van der Waals surface area contributed by atoms with E-state index in [9.17, 15) is 47.1 Å². The third-order valence-electron chi connectivity index (χ3n) is 13.3. The van der Waals surface area contributed by atoms with Gasteiger partial charge in [-0.25, -0.2) is 8.98 Å². The number of nitrogens with one attached hydrogen (secondary N) is 5. The maximum atomic E-state index is 15.0. The lowest BCUT2D eigenvalue weighted by Crippen LogP contribution is -2.66. The first-order valence-electron chi connectivity index (χ1n) is 24.4. The Morgan fingerprint density at radius 1 is 0.932 bits per heavy atom. The molecule has 412 valence electrons. The van der Waals surface area contributed by atoms with Gasteiger partial charge in [0.2, 0.25) is 35.4 Å². The Morgan fingerprint density at radius 2 is 1.59 bits per heavy atom. The average molecular weight is 1120 g/mol. The number of hydrogen-bond acceptors (Lipinski definition) is 16. The van der Waals surface area contributed by atoms with Crippen LogP contribution < -0.4 is 37.1 Å². The van der Waals surface area contributed by atoms with E-state index >= 15 is 4.79 Å². The van der Waals surface area contributed by atoms with Crippen LogP contribution in [0.1, 0.15) is 99.0 Å². The molecule has 3 rings (SSSR count). The molecule has 7 amide bonds. The van der Waals surface area contributed by atoms with Gasteiger partial charge in [0, 0.05) is 20.6 Å². The van der Waals surface area contributed by atoms with Crippen molar-refractivity contribution in [2.24, 2.45) is 23.5 Å². The summed E-state index contributed by atoms with van der Waals surface area (Å²) in [6.45, 7) is 10.5. The molecule has 12 atom stereocenters. The summed E-state index contributed by atoms with van der Waals surface area (Å²) in [5, 5.41) is 24.6. The van der Waals surface area contributed by atoms with E-state index in [2.05, 4.69) is 46.7 Å². The SMILES string of the molecule is CC[C@@H](C)[C@@H]1NC(=O)[C@H](Cc2ccc(OC)c(Br)c2)N(C)C(=O)[C@H]([C@H](C)CC)N2C(=O)[C@H](CC[C@H]2O)NC(=O)[C@H](CCCCN)NC(=O)[C@@H](NC(=O)[C@H](NC(=O)[C@@H](COS(=O)(=O)O)OC)C(C)C)[C@H](C)OC1=O. The number of nitrogens with two attached hydrogens (primary N) is 1. The molecule has 0 aromatic heterocycles. The molecule has 2 saturated heterocycles. The third-order valence-corrected chi connectivity index (χ3v) is 14.3. The summed E-state index contributed by atoms with van der Waals surface area (Å²) in [7, 11) is -1.08. The van der Waals surface area contributed by atoms with E-state index in [4.69, 9.17) is 24.5 Å². The van der Waals surface area contributed by atoms with Gasteiger partial charge >= 0.3 is 16.4 Å². The fourth-order valence-corrected chi connectivity index (χ4v) is 9.29. The van der Waals surface area contributed by atoms with E-state index < -0.39 is 143 Å². The molecule has 0 aliphatic carbocycles. The van der Waals surface area contributed by atoms with Crippen molar-refractivity contribution in [3.63, 3.8) is 0 Å². The molecular weight excluding hydrogens is 1040 g/mol. The molecule has 26 heteroatoms. The highest BCUT2D eigenvalue weighted by molar-refractivity contribution is 9.10. The minimum atomic E-state index is -4.99. The molecule has 2 bridgehead atoms. The number of nitrogens with zero attached hydrogens (tertiary/aromatic N) is 2. The minimum Gasteiger partial charge on any atom is -0.496 e. The highest BCUT2D eigenvalue weighted by Crippen LogP contribution is 2.30. The van der Waals surface area contributed by atoms with Gasteiger partial charge in [-0.05, 0) is 97.0 Å². The van der Waals surface area contributed by atoms with Crippen LogP contribution in [0.2, 0.25) is 0 Å². The van der Waals surface area contributed by atoms with Gasteiger partial charge in [0.25, 0.3) is 5.91 Å². The smallest absolute Gasteiger partial charge is 0.397 e. The second-order valence-corrected chi connectivity index (χ2v) is 20.8. The molecule has 0 radical (unpaired) electrons. The van der Waals surface area contributed by atoms with E-state index in [0.717, 1.165) is 12.0 Å². The number of likely N-dealkylation sites (N-methyl/N-ethyl adjacent to an activating group) is 1. The number of cyclic esters (lactones) is 1. The number of fused-ring (bicyclic) bond motifs is 2. The fourth-order valence-electron chi connectivity index (χ4n) is 8.41. The zero-order chi connectivity index (χ0) is 55.1. The fraction of sp³-hybridized carbons (Fsp3) is 0.702. The highest BCUT2D eigenvalue weighted by Gasteiger charge is 2.47. The van der Waals surface area contributed by atoms with Crippen LogP contribution in [-0.4, -0.2) is 170 Å². The molecule has 0 unspecified atom stereocenters. The van der Waals surface area contributed by atoms with Crippen LogP contribution in [0.5, 0.6) is 5.75 Å². The number of carbonyl (C=O) groups excluding carboxylic acids is 8. The van der Waals surface area contributed by atoms with Gasteiger partial charge in [0.15, 0.2) is 6.10 Å². The predicted octanol–water partition coefficient (Wildman–Crippen LogP) is 0.218. The van der Waals surface area contributed by atoms with Gasteiger partial charge in [0.05, 0.1) is 11.6 Å². The van der Waals surface area contributed by atoms with Crippen LogP contribution in [-0.2, 0) is 68.8 Å². The molecule has 0 saturated carbocycles. The van der Waals surface area contributed by atoms with Crippen molar-refractivity contribution in [2.45, 2.75) is 161 Å². The molecule has 2 fully saturated rings. The Balaban J connectivity index is 2.27. The van der Waals surface area contributed by atoms with E-state index in [0.29, 0.717) is 41.5 Å². The summed E-state index contributed by atoms with van der Waals surface area (Å²) in [5.74, 6) is -8.75. The van der Waals surface area contributed by atoms with Gasteiger partial charge in [-0.1, -0.05) is 60.5 Å². The summed E-state index contributed by atoms with van der Waals surface area (Å²) < 4.78 is 52.8. The standard InChI is InChI=1S/C47H75BrN8O16S/c1-11-25(5)37-47(65)72-27(7)38(54-43(61)36(24(3)4)52-42(60)34(70-10)23-71-73(66,67)68)44(62)50-30(15-13-14-20-49)40(58)51-31-17-19-35(57)56(45(31)63)39(26(6)12-2)46(64)55(8)32(41(59)53-37)22-28-16-18-33(69-9)29(48)21-28/h16,18,21,24-27,30-32,34-39,57H,11-15,17,19-20,22-23,49H2,1-10H3,(H,50,62)(H,51,58)(H,52,60)(H,53,59)(H,54,61)(H,66,67,68)/t25-,26-,27+,30+,31+,32+,34-,35-,36-,37+,38+,39+/m1/s1. The Bertz CT molecular complexity index is 2220. The quantitative estimate of drug-likeness (QED) is 0.0492. The lowest BCUT2D eigenvalue weighted by Gasteiger charge is -2.44. The zero-order valence-electron chi connectivity index (χ0n) is 43.2. The molecule has 73 heavy (non-hydrogen) atoms. The van der Waals surface area contributed by atoms with E-state index in [1.54, 1.807) is 45.9 Å². The molecular formula is C47H75BrN8O16S. The average Bonchev–Trinajstić information content (AvgIpc) is 3.33. The van der Waals surface area contributed by atoms with Gasteiger partial charge in [-0.15, -0.1) is 0 Å². The van der Waals surface area contributed by atoms with Crippen LogP contribution in [0.4, 0.5) is 0 Å². The zero-order valence-corrected chi connectivity index (χ0v) is 45.6. The van der Waals surface area contributed by atoms with Crippen molar-refractivity contribution < 1.29 is 74.8 Å². The summed E-state index contributed by atoms with van der Waals surface area (Å²) in [4.78, 5) is 118. The van der Waals surface area contributed by atoms with Gasteiger partial charge in [0.1, 0.15) is 67.0 Å². The number of halogens is 1. The van der Waals surface area contributed by atoms with Crippen LogP contribution in [0.25, 0.3) is 0 Å². The van der Waals surface area contributed by atoms with E-state index in [-0.39, 0.29) is 32.2 Å². The lowest BCUT2D eigenvalue weighted by atomic mass is 9.91. The number of aliphatic hydroxyl groups excluding tert-OH is 1. The molecule has 1 aromatic carbocycles. The molecule has 2 aliphatic heterocycles. The van der Waals surface area contributed by atoms with Crippen molar-refractivity contribution in [3.05, 3.63) is 28.2 Å². The van der Waals surface area contributed by atoms with Crippen molar-refractivity contribution in [3.8, 4) is 5.75 Å². The number of esters is 1. The number of methoxy groups -OCH3 is 2. The van der Waals surface area contributed by atoms with Crippen LogP contribution in [0, 0.1) is 17.8 Å². The number of benzene rings is 1. The molecule has 2 aliphatic rings. The normalized spacial score (nSPS) is 25.7. The lowest BCUT2D eigenvalue weighted by molar-refractivity contribution is -0.168. The Hall–Kier alpha value is -4.99. The number of ether oxygens (including phenoxy) is 3. The van der Waals surface area contributed by atoms with Crippen molar-refractivity contribution in [1.29, 1.82) is 0 Å². The van der Waals surface area contributed by atoms with Crippen molar-refractivity contribution >= 4 is 73.6 Å².